The number of anilines is 1. The zero-order valence-corrected chi connectivity index (χ0v) is 12.2. The van der Waals surface area contributed by atoms with Crippen molar-refractivity contribution in [2.75, 3.05) is 18.1 Å². The number of carboxylic acid groups (broad SMARTS) is 1. The van der Waals surface area contributed by atoms with Crippen molar-refractivity contribution < 1.29 is 19.4 Å². The average Bonchev–Trinajstić information content (AvgIpc) is 2.37. The van der Waals surface area contributed by atoms with Crippen molar-refractivity contribution in [2.45, 2.75) is 24.8 Å². The molecule has 0 aliphatic carbocycles. The monoisotopic (exact) mass is 298 g/mol. The van der Waals surface area contributed by atoms with Gasteiger partial charge in [0.1, 0.15) is 11.8 Å². The minimum Gasteiger partial charge on any atom is -0.494 e. The molecule has 0 heterocycles. The lowest BCUT2D eigenvalue weighted by atomic mass is 10.3. The van der Waals surface area contributed by atoms with Crippen LogP contribution in [0.3, 0.4) is 0 Å². The Balaban J connectivity index is 2.73. The number of rotatable bonds is 7. The van der Waals surface area contributed by atoms with E-state index in [4.69, 9.17) is 15.6 Å². The highest BCUT2D eigenvalue weighted by Gasteiger charge is 2.19. The lowest BCUT2D eigenvalue weighted by Gasteiger charge is -2.14. The van der Waals surface area contributed by atoms with E-state index in [0.717, 1.165) is 4.90 Å². The summed E-state index contributed by atoms with van der Waals surface area (Å²) in [6, 6.07) is 4.27. The summed E-state index contributed by atoms with van der Waals surface area (Å²) in [5.74, 6) is -0.591. The second-order valence-corrected chi connectivity index (χ2v) is 5.10. The Kier molecular flexibility index (Phi) is 6.17. The molecule has 0 saturated heterocycles. The largest absolute Gasteiger partial charge is 0.494 e. The molecule has 1 unspecified atom stereocenters. The third-order valence-corrected chi connectivity index (χ3v) is 3.54. The fourth-order valence-corrected chi connectivity index (χ4v) is 2.50. The van der Waals surface area contributed by atoms with Gasteiger partial charge in [-0.2, -0.15) is 0 Å². The third-order valence-electron chi connectivity index (χ3n) is 2.38. The number of hydrogen-bond donors (Lipinski definition) is 3. The van der Waals surface area contributed by atoms with Gasteiger partial charge in [0.15, 0.2) is 0 Å². The molecule has 4 N–H and O–H groups in total. The lowest BCUT2D eigenvalue weighted by molar-refractivity contribution is -0.140. The highest BCUT2D eigenvalue weighted by molar-refractivity contribution is 7.99. The van der Waals surface area contributed by atoms with Crippen molar-refractivity contribution >= 4 is 29.3 Å². The minimum absolute atomic E-state index is 0.189. The van der Waals surface area contributed by atoms with Gasteiger partial charge in [-0.1, -0.05) is 0 Å². The topological polar surface area (TPSA) is 102 Å². The number of ether oxygens (including phenoxy) is 1. The number of benzene rings is 1. The first-order valence-electron chi connectivity index (χ1n) is 6.09. The maximum absolute atomic E-state index is 11.0. The second-order valence-electron chi connectivity index (χ2n) is 4.03. The van der Waals surface area contributed by atoms with Gasteiger partial charge >= 0.3 is 5.97 Å². The molecule has 1 aromatic rings. The van der Waals surface area contributed by atoms with Crippen LogP contribution in [-0.2, 0) is 9.59 Å². The SMILES string of the molecule is CCOc1ccc(N)c(SCC(NC(C)=O)C(=O)O)c1. The van der Waals surface area contributed by atoms with Crippen molar-refractivity contribution in [2.24, 2.45) is 0 Å². The highest BCUT2D eigenvalue weighted by Crippen LogP contribution is 2.29. The molecule has 1 rings (SSSR count). The molecule has 6 nitrogen and oxygen atoms in total. The molecule has 1 atom stereocenters. The van der Waals surface area contributed by atoms with Crippen LogP contribution in [0.15, 0.2) is 23.1 Å². The maximum atomic E-state index is 11.0. The Labute approximate surface area is 121 Å². The molecule has 0 fully saturated rings. The Morgan fingerprint density at radius 1 is 1.50 bits per heavy atom. The molecular formula is C13H18N2O4S. The molecule has 110 valence electrons. The van der Waals surface area contributed by atoms with Gasteiger partial charge in [-0.05, 0) is 25.1 Å². The van der Waals surface area contributed by atoms with E-state index in [2.05, 4.69) is 5.32 Å². The first-order chi connectivity index (χ1) is 9.43. The predicted octanol–water partition coefficient (Wildman–Crippen LogP) is 1.35. The van der Waals surface area contributed by atoms with Crippen molar-refractivity contribution in [1.29, 1.82) is 0 Å². The molecule has 1 amide bonds. The van der Waals surface area contributed by atoms with Gasteiger partial charge in [0, 0.05) is 23.3 Å². The molecule has 0 aromatic heterocycles. The Morgan fingerprint density at radius 2 is 2.20 bits per heavy atom. The van der Waals surface area contributed by atoms with Crippen LogP contribution in [0.2, 0.25) is 0 Å². The van der Waals surface area contributed by atoms with E-state index in [-0.39, 0.29) is 11.7 Å². The van der Waals surface area contributed by atoms with Gasteiger partial charge in [-0.15, -0.1) is 11.8 Å². The first kappa shape index (κ1) is 16.2. The fraction of sp³-hybridized carbons (Fsp3) is 0.385. The van der Waals surface area contributed by atoms with Crippen LogP contribution >= 0.6 is 11.8 Å². The Hall–Kier alpha value is -1.89. The molecule has 0 spiro atoms. The van der Waals surface area contributed by atoms with Gasteiger partial charge in [0.2, 0.25) is 5.91 Å². The van der Waals surface area contributed by atoms with E-state index in [1.54, 1.807) is 18.2 Å². The molecule has 0 aliphatic heterocycles. The molecule has 20 heavy (non-hydrogen) atoms. The van der Waals surface area contributed by atoms with Crippen molar-refractivity contribution in [3.8, 4) is 5.75 Å². The van der Waals surface area contributed by atoms with Crippen LogP contribution < -0.4 is 15.8 Å². The van der Waals surface area contributed by atoms with Gasteiger partial charge in [-0.3, -0.25) is 4.79 Å². The summed E-state index contributed by atoms with van der Waals surface area (Å²) < 4.78 is 5.37. The van der Waals surface area contributed by atoms with E-state index in [1.165, 1.54) is 18.7 Å². The fourth-order valence-electron chi connectivity index (χ4n) is 1.49. The standard InChI is InChI=1S/C13H18N2O4S/c1-3-19-9-4-5-10(14)12(6-9)20-7-11(13(17)18)15-8(2)16/h4-6,11H,3,7,14H2,1-2H3,(H,15,16)(H,17,18). The van der Waals surface area contributed by atoms with Crippen molar-refractivity contribution in [1.82, 2.24) is 5.32 Å². The summed E-state index contributed by atoms with van der Waals surface area (Å²) in [4.78, 5) is 22.7. The quantitative estimate of drug-likeness (QED) is 0.519. The number of hydrogen-bond acceptors (Lipinski definition) is 5. The lowest BCUT2D eigenvalue weighted by Crippen LogP contribution is -2.41. The summed E-state index contributed by atoms with van der Waals surface area (Å²) in [7, 11) is 0. The number of amides is 1. The molecule has 0 saturated carbocycles. The number of thioether (sulfide) groups is 1. The summed E-state index contributed by atoms with van der Waals surface area (Å²) in [6.45, 7) is 3.70. The highest BCUT2D eigenvalue weighted by atomic mass is 32.2. The maximum Gasteiger partial charge on any atom is 0.327 e. The normalized spacial score (nSPS) is 11.7. The third kappa shape index (κ3) is 5.00. The molecule has 0 aliphatic rings. The van der Waals surface area contributed by atoms with Crippen molar-refractivity contribution in [3.05, 3.63) is 18.2 Å². The van der Waals surface area contributed by atoms with Crippen LogP contribution in [0.4, 0.5) is 5.69 Å². The molecule has 7 heteroatoms. The number of carbonyl (C=O) groups excluding carboxylic acids is 1. The van der Waals surface area contributed by atoms with Gasteiger partial charge in [0.25, 0.3) is 0 Å². The van der Waals surface area contributed by atoms with Crippen LogP contribution in [0, 0.1) is 0 Å². The van der Waals surface area contributed by atoms with Crippen molar-refractivity contribution in [3.63, 3.8) is 0 Å². The van der Waals surface area contributed by atoms with Crippen LogP contribution in [0.5, 0.6) is 5.75 Å². The second kappa shape index (κ2) is 7.64. The van der Waals surface area contributed by atoms with Gasteiger partial charge in [0.05, 0.1) is 6.61 Å². The summed E-state index contributed by atoms with van der Waals surface area (Å²) in [6.07, 6.45) is 0. The smallest absolute Gasteiger partial charge is 0.327 e. The number of carbonyl (C=O) groups is 2. The first-order valence-corrected chi connectivity index (χ1v) is 7.07. The number of nitrogen functional groups attached to an aromatic ring is 1. The molecular weight excluding hydrogens is 280 g/mol. The van der Waals surface area contributed by atoms with E-state index < -0.39 is 12.0 Å². The zero-order chi connectivity index (χ0) is 15.1. The average molecular weight is 298 g/mol. The number of carboxylic acids is 1. The van der Waals surface area contributed by atoms with E-state index in [9.17, 15) is 9.59 Å². The van der Waals surface area contributed by atoms with Crippen LogP contribution in [0.1, 0.15) is 13.8 Å². The predicted molar refractivity (Wildman–Crippen MR) is 78.0 cm³/mol. The van der Waals surface area contributed by atoms with Gasteiger partial charge in [-0.25, -0.2) is 4.79 Å². The van der Waals surface area contributed by atoms with E-state index in [0.29, 0.717) is 18.0 Å². The Bertz CT molecular complexity index is 493. The summed E-state index contributed by atoms with van der Waals surface area (Å²) in [5.41, 5.74) is 6.38. The van der Waals surface area contributed by atoms with Crippen LogP contribution in [-0.4, -0.2) is 35.4 Å². The number of aliphatic carboxylic acids is 1. The van der Waals surface area contributed by atoms with E-state index in [1.807, 2.05) is 6.92 Å². The van der Waals surface area contributed by atoms with Crippen LogP contribution in [0.25, 0.3) is 0 Å². The van der Waals surface area contributed by atoms with Gasteiger partial charge < -0.3 is 20.9 Å². The molecule has 0 bridgehead atoms. The zero-order valence-electron chi connectivity index (χ0n) is 11.4. The van der Waals surface area contributed by atoms with E-state index >= 15 is 0 Å². The molecule has 0 radical (unpaired) electrons. The summed E-state index contributed by atoms with van der Waals surface area (Å²) in [5, 5.41) is 11.4. The molecule has 1 aromatic carbocycles. The minimum atomic E-state index is -1.08. The summed E-state index contributed by atoms with van der Waals surface area (Å²) >= 11 is 1.26. The number of nitrogens with one attached hydrogen (secondary N) is 1. The number of nitrogens with two attached hydrogens (primary N) is 1. The Morgan fingerprint density at radius 3 is 2.75 bits per heavy atom.